The third-order valence-electron chi connectivity index (χ3n) is 2.09. The van der Waals surface area contributed by atoms with Gasteiger partial charge in [0.05, 0.1) is 12.4 Å². The van der Waals surface area contributed by atoms with Gasteiger partial charge in [0.2, 0.25) is 11.9 Å². The van der Waals surface area contributed by atoms with Crippen LogP contribution in [0.2, 0.25) is 0 Å². The van der Waals surface area contributed by atoms with Gasteiger partial charge >= 0.3 is 5.97 Å². The molecule has 17 heavy (non-hydrogen) atoms. The Morgan fingerprint density at radius 1 is 1.35 bits per heavy atom. The van der Waals surface area contributed by atoms with Crippen LogP contribution in [0.4, 0.5) is 5.95 Å². The van der Waals surface area contributed by atoms with Crippen molar-refractivity contribution in [3.8, 4) is 0 Å². The first kappa shape index (κ1) is 13.0. The molecular formula is C10H14N4O3. The maximum absolute atomic E-state index is 11.8. The molecule has 0 saturated heterocycles. The van der Waals surface area contributed by atoms with Crippen LogP contribution < -0.4 is 5.32 Å². The van der Waals surface area contributed by atoms with Gasteiger partial charge in [-0.05, 0) is 5.41 Å². The molecule has 0 aliphatic heterocycles. The predicted octanol–water partition coefficient (Wildman–Crippen LogP) is 0.557. The summed E-state index contributed by atoms with van der Waals surface area (Å²) in [5, 5.41) is 18.5. The van der Waals surface area contributed by atoms with Crippen molar-refractivity contribution in [1.29, 1.82) is 0 Å². The van der Waals surface area contributed by atoms with E-state index in [1.54, 1.807) is 20.8 Å². The van der Waals surface area contributed by atoms with Gasteiger partial charge in [-0.2, -0.15) is 5.10 Å². The number of aromatic nitrogens is 3. The molecule has 0 radical (unpaired) electrons. The molecule has 1 atom stereocenters. The Labute approximate surface area is 98.3 Å². The molecule has 0 fully saturated rings. The van der Waals surface area contributed by atoms with Gasteiger partial charge in [-0.15, -0.1) is 5.10 Å². The van der Waals surface area contributed by atoms with Gasteiger partial charge in [-0.1, -0.05) is 20.8 Å². The summed E-state index contributed by atoms with van der Waals surface area (Å²) in [5.74, 6) is -3.02. The zero-order valence-corrected chi connectivity index (χ0v) is 9.84. The van der Waals surface area contributed by atoms with Gasteiger partial charge in [0.25, 0.3) is 0 Å². The van der Waals surface area contributed by atoms with Gasteiger partial charge in [-0.25, -0.2) is 4.98 Å². The SMILES string of the molecule is CC(C)(C)C(C(=O)O)C(=O)Nc1nccnn1. The van der Waals surface area contributed by atoms with E-state index in [4.69, 9.17) is 5.11 Å². The Balaban J connectivity index is 2.84. The second-order valence-electron chi connectivity index (χ2n) is 4.59. The summed E-state index contributed by atoms with van der Waals surface area (Å²) in [6.45, 7) is 5.03. The minimum atomic E-state index is -1.18. The number of rotatable bonds is 3. The van der Waals surface area contributed by atoms with Crippen molar-refractivity contribution in [3.05, 3.63) is 12.4 Å². The normalized spacial score (nSPS) is 12.9. The van der Waals surface area contributed by atoms with E-state index in [0.29, 0.717) is 0 Å². The van der Waals surface area contributed by atoms with Gasteiger partial charge in [-0.3, -0.25) is 14.9 Å². The standard InChI is InChI=1S/C10H14N4O3/c1-10(2,3)6(8(16)17)7(15)13-9-11-4-5-12-14-9/h4-6H,1-3H3,(H,16,17)(H,11,13,14,15). The quantitative estimate of drug-likeness (QED) is 0.745. The first-order valence-electron chi connectivity index (χ1n) is 4.99. The van der Waals surface area contributed by atoms with Crippen LogP contribution >= 0.6 is 0 Å². The number of carboxylic acid groups (broad SMARTS) is 1. The zero-order valence-electron chi connectivity index (χ0n) is 9.84. The Morgan fingerprint density at radius 3 is 2.41 bits per heavy atom. The van der Waals surface area contributed by atoms with Crippen molar-refractivity contribution in [2.75, 3.05) is 5.32 Å². The average molecular weight is 238 g/mol. The summed E-state index contributed by atoms with van der Waals surface area (Å²) in [6.07, 6.45) is 2.71. The van der Waals surface area contributed by atoms with Crippen LogP contribution in [0.1, 0.15) is 20.8 Å². The van der Waals surface area contributed by atoms with Crippen LogP contribution in [0.5, 0.6) is 0 Å². The smallest absolute Gasteiger partial charge is 0.316 e. The summed E-state index contributed by atoms with van der Waals surface area (Å²) >= 11 is 0. The third-order valence-corrected chi connectivity index (χ3v) is 2.09. The minimum Gasteiger partial charge on any atom is -0.481 e. The summed E-state index contributed by atoms with van der Waals surface area (Å²) in [4.78, 5) is 26.6. The van der Waals surface area contributed by atoms with Crippen LogP contribution in [-0.4, -0.2) is 32.2 Å². The van der Waals surface area contributed by atoms with Crippen molar-refractivity contribution in [1.82, 2.24) is 15.2 Å². The van der Waals surface area contributed by atoms with Crippen molar-refractivity contribution in [2.24, 2.45) is 11.3 Å². The number of nitrogens with zero attached hydrogens (tertiary/aromatic N) is 3. The molecule has 0 aliphatic rings. The van der Waals surface area contributed by atoms with Crippen LogP contribution in [0.15, 0.2) is 12.4 Å². The molecule has 7 nitrogen and oxygen atoms in total. The molecule has 92 valence electrons. The number of amides is 1. The molecule has 0 spiro atoms. The van der Waals surface area contributed by atoms with Crippen LogP contribution in [-0.2, 0) is 9.59 Å². The van der Waals surface area contributed by atoms with Crippen molar-refractivity contribution in [2.45, 2.75) is 20.8 Å². The van der Waals surface area contributed by atoms with Crippen molar-refractivity contribution < 1.29 is 14.7 Å². The monoisotopic (exact) mass is 238 g/mol. The van der Waals surface area contributed by atoms with Gasteiger partial charge < -0.3 is 5.11 Å². The minimum absolute atomic E-state index is 0.00648. The van der Waals surface area contributed by atoms with Gasteiger partial charge in [0, 0.05) is 0 Å². The van der Waals surface area contributed by atoms with E-state index in [0.717, 1.165) is 0 Å². The third kappa shape index (κ3) is 3.47. The number of nitrogens with one attached hydrogen (secondary N) is 1. The van der Waals surface area contributed by atoms with E-state index in [2.05, 4.69) is 20.5 Å². The molecule has 7 heteroatoms. The van der Waals surface area contributed by atoms with E-state index in [1.807, 2.05) is 0 Å². The van der Waals surface area contributed by atoms with E-state index < -0.39 is 23.2 Å². The number of hydrogen-bond donors (Lipinski definition) is 2. The molecule has 0 aromatic carbocycles. The lowest BCUT2D eigenvalue weighted by Gasteiger charge is -2.25. The highest BCUT2D eigenvalue weighted by Crippen LogP contribution is 2.26. The van der Waals surface area contributed by atoms with Crippen LogP contribution in [0.3, 0.4) is 0 Å². The lowest BCUT2D eigenvalue weighted by Crippen LogP contribution is -2.39. The summed E-state index contributed by atoms with van der Waals surface area (Å²) in [7, 11) is 0. The Kier molecular flexibility index (Phi) is 3.72. The molecule has 1 rings (SSSR count). The number of aliphatic carboxylic acids is 1. The largest absolute Gasteiger partial charge is 0.481 e. The topological polar surface area (TPSA) is 105 Å². The molecule has 0 bridgehead atoms. The number of carbonyl (C=O) groups is 2. The van der Waals surface area contributed by atoms with Gasteiger partial charge in [0.15, 0.2) is 0 Å². The first-order chi connectivity index (χ1) is 7.82. The number of hydrogen-bond acceptors (Lipinski definition) is 5. The molecular weight excluding hydrogens is 224 g/mol. The summed E-state index contributed by atoms with van der Waals surface area (Å²) in [6, 6.07) is 0. The Morgan fingerprint density at radius 2 is 2.00 bits per heavy atom. The lowest BCUT2D eigenvalue weighted by atomic mass is 9.80. The fourth-order valence-electron chi connectivity index (χ4n) is 1.36. The number of anilines is 1. The fourth-order valence-corrected chi connectivity index (χ4v) is 1.36. The number of carbonyl (C=O) groups excluding carboxylic acids is 1. The fraction of sp³-hybridized carbons (Fsp3) is 0.500. The van der Waals surface area contributed by atoms with Crippen LogP contribution in [0.25, 0.3) is 0 Å². The second-order valence-corrected chi connectivity index (χ2v) is 4.59. The molecule has 0 saturated carbocycles. The summed E-state index contributed by atoms with van der Waals surface area (Å²) < 4.78 is 0. The molecule has 1 unspecified atom stereocenters. The molecule has 0 aliphatic carbocycles. The molecule has 1 aromatic rings. The maximum atomic E-state index is 11.8. The first-order valence-corrected chi connectivity index (χ1v) is 4.99. The van der Waals surface area contributed by atoms with E-state index in [-0.39, 0.29) is 5.95 Å². The van der Waals surface area contributed by atoms with Gasteiger partial charge in [0.1, 0.15) is 5.92 Å². The maximum Gasteiger partial charge on any atom is 0.316 e. The van der Waals surface area contributed by atoms with E-state index >= 15 is 0 Å². The summed E-state index contributed by atoms with van der Waals surface area (Å²) in [5.41, 5.74) is -0.696. The van der Waals surface area contributed by atoms with Crippen molar-refractivity contribution >= 4 is 17.8 Å². The zero-order chi connectivity index (χ0) is 13.1. The average Bonchev–Trinajstić information content (AvgIpc) is 2.15. The highest BCUT2D eigenvalue weighted by Gasteiger charge is 2.38. The van der Waals surface area contributed by atoms with Crippen LogP contribution in [0, 0.1) is 11.3 Å². The molecule has 1 aromatic heterocycles. The lowest BCUT2D eigenvalue weighted by molar-refractivity contribution is -0.149. The van der Waals surface area contributed by atoms with Crippen molar-refractivity contribution in [3.63, 3.8) is 0 Å². The molecule has 1 amide bonds. The Bertz CT molecular complexity index is 413. The molecule has 1 heterocycles. The predicted molar refractivity (Wildman–Crippen MR) is 59.0 cm³/mol. The highest BCUT2D eigenvalue weighted by molar-refractivity contribution is 6.04. The molecule has 2 N–H and O–H groups in total. The van der Waals surface area contributed by atoms with E-state index in [9.17, 15) is 9.59 Å². The Hall–Kier alpha value is -2.05. The highest BCUT2D eigenvalue weighted by atomic mass is 16.4. The second kappa shape index (κ2) is 4.86. The number of carboxylic acids is 1. The van der Waals surface area contributed by atoms with E-state index in [1.165, 1.54) is 12.4 Å².